The summed E-state index contributed by atoms with van der Waals surface area (Å²) in [5.74, 6) is 2.60. The third-order valence-corrected chi connectivity index (χ3v) is 4.99. The van der Waals surface area contributed by atoms with Gasteiger partial charge in [-0.25, -0.2) is 0 Å². The van der Waals surface area contributed by atoms with Gasteiger partial charge in [-0.2, -0.15) is 0 Å². The van der Waals surface area contributed by atoms with Crippen LogP contribution in [0, 0.1) is 0 Å². The van der Waals surface area contributed by atoms with Crippen LogP contribution in [0.2, 0.25) is 0 Å². The summed E-state index contributed by atoms with van der Waals surface area (Å²) < 4.78 is 41.2. The van der Waals surface area contributed by atoms with Gasteiger partial charge in [-0.15, -0.1) is 0 Å². The zero-order valence-corrected chi connectivity index (χ0v) is 21.3. The van der Waals surface area contributed by atoms with E-state index >= 15 is 0 Å². The monoisotopic (exact) mass is 486 g/mol. The average Bonchev–Trinajstić information content (AvgIpc) is 2.84. The average molecular weight is 487 g/mol. The molecule has 0 radical (unpaired) electrons. The normalized spacial score (nSPS) is 10.8. The van der Waals surface area contributed by atoms with Crippen LogP contribution in [-0.2, 0) is 0 Å². The Morgan fingerprint density at radius 2 is 1.14 bits per heavy atom. The summed E-state index contributed by atoms with van der Waals surface area (Å²) in [5.41, 5.74) is 0.473. The Bertz CT molecular complexity index is 1200. The highest BCUT2D eigenvalue weighted by Crippen LogP contribution is 2.45. The molecule has 0 spiro atoms. The van der Waals surface area contributed by atoms with E-state index in [1.807, 2.05) is 41.5 Å². The van der Waals surface area contributed by atoms with E-state index in [0.29, 0.717) is 67.3 Å². The van der Waals surface area contributed by atoms with Gasteiger partial charge in [0.25, 0.3) is 0 Å². The van der Waals surface area contributed by atoms with Crippen LogP contribution < -0.4 is 33.8 Å². The van der Waals surface area contributed by atoms with Crippen molar-refractivity contribution in [1.82, 2.24) is 0 Å². The van der Waals surface area contributed by atoms with E-state index in [4.69, 9.17) is 32.8 Å². The van der Waals surface area contributed by atoms with Gasteiger partial charge >= 0.3 is 0 Å². The molecule has 8 heteroatoms. The lowest BCUT2D eigenvalue weighted by molar-refractivity contribution is 0.282. The number of fused-ring (bicyclic) bond motifs is 1. The van der Waals surface area contributed by atoms with E-state index in [1.54, 1.807) is 24.3 Å². The predicted octanol–water partition coefficient (Wildman–Crippen LogP) is 5.85. The minimum absolute atomic E-state index is 0.0826. The first-order chi connectivity index (χ1) is 17.0. The van der Waals surface area contributed by atoms with Crippen LogP contribution in [0.15, 0.2) is 33.5 Å². The summed E-state index contributed by atoms with van der Waals surface area (Å²) in [5, 5.41) is 0.238. The Morgan fingerprint density at radius 1 is 0.600 bits per heavy atom. The van der Waals surface area contributed by atoms with E-state index < -0.39 is 0 Å². The number of rotatable bonds is 13. The summed E-state index contributed by atoms with van der Waals surface area (Å²) in [7, 11) is 0. The standard InChI is InChI=1S/C27H34O8/c1-7-29-18-14-13-17(15-19(18)30-8-2)24-27(34-12-6)23(28)22-20(31-9-3)16-21(32-10-4)25(33-11-5)26(22)35-24/h13-16H,7-12H2,1-6H3. The van der Waals surface area contributed by atoms with Crippen LogP contribution in [0.4, 0.5) is 0 Å². The van der Waals surface area contributed by atoms with Crippen LogP contribution in [0.5, 0.6) is 34.5 Å². The van der Waals surface area contributed by atoms with Crippen molar-refractivity contribution < 1.29 is 32.8 Å². The Kier molecular flexibility index (Phi) is 9.11. The summed E-state index contributed by atoms with van der Waals surface area (Å²) >= 11 is 0. The molecule has 3 aromatic rings. The van der Waals surface area contributed by atoms with E-state index in [1.165, 1.54) is 0 Å². The number of hydrogen-bond acceptors (Lipinski definition) is 8. The minimum atomic E-state index is -0.359. The molecule has 2 aromatic carbocycles. The van der Waals surface area contributed by atoms with Gasteiger partial charge in [0.1, 0.15) is 11.1 Å². The van der Waals surface area contributed by atoms with E-state index in [-0.39, 0.29) is 34.5 Å². The van der Waals surface area contributed by atoms with Crippen LogP contribution in [0.1, 0.15) is 41.5 Å². The van der Waals surface area contributed by atoms with Crippen LogP contribution >= 0.6 is 0 Å². The van der Waals surface area contributed by atoms with Crippen molar-refractivity contribution in [3.05, 3.63) is 34.5 Å². The number of hydrogen-bond donors (Lipinski definition) is 0. The molecule has 1 aromatic heterocycles. The van der Waals surface area contributed by atoms with Gasteiger partial charge in [0.2, 0.25) is 16.9 Å². The summed E-state index contributed by atoms with van der Waals surface area (Å²) in [6.45, 7) is 13.5. The van der Waals surface area contributed by atoms with Crippen molar-refractivity contribution in [3.8, 4) is 45.8 Å². The first kappa shape index (κ1) is 26.1. The molecular formula is C27H34O8. The molecule has 1 heterocycles. The molecule has 0 bridgehead atoms. The van der Waals surface area contributed by atoms with Crippen molar-refractivity contribution >= 4 is 11.0 Å². The first-order valence-corrected chi connectivity index (χ1v) is 12.1. The van der Waals surface area contributed by atoms with E-state index in [9.17, 15) is 4.79 Å². The highest BCUT2D eigenvalue weighted by atomic mass is 16.5. The van der Waals surface area contributed by atoms with Crippen molar-refractivity contribution in [2.45, 2.75) is 41.5 Å². The van der Waals surface area contributed by atoms with E-state index in [2.05, 4.69) is 0 Å². The maximum absolute atomic E-state index is 13.8. The molecule has 8 nitrogen and oxygen atoms in total. The molecule has 0 aliphatic carbocycles. The Hall–Kier alpha value is -3.55. The molecule has 0 saturated heterocycles. The lowest BCUT2D eigenvalue weighted by atomic mass is 10.1. The van der Waals surface area contributed by atoms with Crippen molar-refractivity contribution in [3.63, 3.8) is 0 Å². The third kappa shape index (κ3) is 5.42. The molecule has 3 rings (SSSR count). The van der Waals surface area contributed by atoms with Gasteiger partial charge in [-0.3, -0.25) is 4.79 Å². The van der Waals surface area contributed by atoms with E-state index in [0.717, 1.165) is 0 Å². The fourth-order valence-electron chi connectivity index (χ4n) is 3.74. The fraction of sp³-hybridized carbons (Fsp3) is 0.444. The van der Waals surface area contributed by atoms with Crippen LogP contribution in [0.3, 0.4) is 0 Å². The van der Waals surface area contributed by atoms with Crippen molar-refractivity contribution in [1.29, 1.82) is 0 Å². The molecule has 190 valence electrons. The topological polar surface area (TPSA) is 85.6 Å². The highest BCUT2D eigenvalue weighted by Gasteiger charge is 2.26. The van der Waals surface area contributed by atoms with Crippen molar-refractivity contribution in [2.75, 3.05) is 39.6 Å². The second-order valence-electron chi connectivity index (χ2n) is 7.26. The maximum atomic E-state index is 13.8. The quantitative estimate of drug-likeness (QED) is 0.297. The molecular weight excluding hydrogens is 452 g/mol. The molecule has 0 aliphatic heterocycles. The van der Waals surface area contributed by atoms with Crippen molar-refractivity contribution in [2.24, 2.45) is 0 Å². The zero-order valence-electron chi connectivity index (χ0n) is 21.3. The molecule has 0 fully saturated rings. The molecule has 0 saturated carbocycles. The molecule has 35 heavy (non-hydrogen) atoms. The summed E-state index contributed by atoms with van der Waals surface area (Å²) in [6.07, 6.45) is 0. The second-order valence-corrected chi connectivity index (χ2v) is 7.26. The Balaban J connectivity index is 2.41. The minimum Gasteiger partial charge on any atom is -0.493 e. The van der Waals surface area contributed by atoms with Gasteiger partial charge < -0.3 is 32.8 Å². The third-order valence-electron chi connectivity index (χ3n) is 4.99. The Morgan fingerprint density at radius 3 is 1.77 bits per heavy atom. The number of ether oxygens (including phenoxy) is 6. The summed E-state index contributed by atoms with van der Waals surface area (Å²) in [6, 6.07) is 7.03. The smallest absolute Gasteiger partial charge is 0.239 e. The van der Waals surface area contributed by atoms with Gasteiger partial charge in [0.15, 0.2) is 28.6 Å². The SMILES string of the molecule is CCOc1ccc(-c2oc3c(OCC)c(OCC)cc(OCC)c3c(=O)c2OCC)cc1OCC. The summed E-state index contributed by atoms with van der Waals surface area (Å²) in [4.78, 5) is 13.8. The van der Waals surface area contributed by atoms with Gasteiger partial charge in [-0.1, -0.05) is 0 Å². The highest BCUT2D eigenvalue weighted by molar-refractivity contribution is 5.93. The predicted molar refractivity (Wildman–Crippen MR) is 135 cm³/mol. The van der Waals surface area contributed by atoms with Crippen LogP contribution in [0.25, 0.3) is 22.3 Å². The molecule has 0 N–H and O–H groups in total. The van der Waals surface area contributed by atoms with Gasteiger partial charge in [0.05, 0.1) is 39.6 Å². The van der Waals surface area contributed by atoms with Gasteiger partial charge in [0, 0.05) is 11.6 Å². The fourth-order valence-corrected chi connectivity index (χ4v) is 3.74. The van der Waals surface area contributed by atoms with Gasteiger partial charge in [-0.05, 0) is 59.7 Å². The molecule has 0 atom stereocenters. The largest absolute Gasteiger partial charge is 0.493 e. The first-order valence-electron chi connectivity index (χ1n) is 12.1. The molecule has 0 amide bonds. The maximum Gasteiger partial charge on any atom is 0.239 e. The van der Waals surface area contributed by atoms with Crippen LogP contribution in [-0.4, -0.2) is 39.6 Å². The lowest BCUT2D eigenvalue weighted by Gasteiger charge is -2.18. The molecule has 0 unspecified atom stereocenters. The number of benzene rings is 2. The second kappa shape index (κ2) is 12.2. The zero-order chi connectivity index (χ0) is 25.4. The Labute approximate surface area is 205 Å². The molecule has 0 aliphatic rings. The lowest BCUT2D eigenvalue weighted by Crippen LogP contribution is -2.13.